The average Bonchev–Trinajstić information content (AvgIpc) is 2.76. The number of benzene rings is 3. The molecule has 3 aromatic carbocycles. The molecule has 0 aliphatic rings. The molecular weight excluding hydrogens is 432 g/mol. The second-order valence-electron chi connectivity index (χ2n) is 6.21. The lowest BCUT2D eigenvalue weighted by Crippen LogP contribution is -2.07. The molecule has 0 unspecified atom stereocenters. The minimum Gasteiger partial charge on any atom is -0.496 e. The van der Waals surface area contributed by atoms with Crippen LogP contribution in [0.5, 0.6) is 17.2 Å². The van der Waals surface area contributed by atoms with E-state index in [0.717, 1.165) is 26.9 Å². The van der Waals surface area contributed by atoms with E-state index in [4.69, 9.17) is 14.2 Å². The van der Waals surface area contributed by atoms with Crippen LogP contribution in [0.25, 0.3) is 0 Å². The van der Waals surface area contributed by atoms with Crippen molar-refractivity contribution in [2.75, 3.05) is 14.2 Å². The first-order chi connectivity index (χ1) is 14.2. The van der Waals surface area contributed by atoms with Crippen molar-refractivity contribution in [1.29, 1.82) is 0 Å². The Morgan fingerprint density at radius 1 is 0.931 bits per heavy atom. The summed E-state index contributed by atoms with van der Waals surface area (Å²) in [6.07, 6.45) is 1.74. The molecule has 1 N–H and O–H groups in total. The second-order valence-corrected chi connectivity index (χ2v) is 7.07. The molecular formula is C23H23BrN2O3. The van der Waals surface area contributed by atoms with Gasteiger partial charge in [-0.1, -0.05) is 48.5 Å². The van der Waals surface area contributed by atoms with Gasteiger partial charge >= 0.3 is 0 Å². The Morgan fingerprint density at radius 2 is 1.66 bits per heavy atom. The smallest absolute Gasteiger partial charge is 0.175 e. The van der Waals surface area contributed by atoms with E-state index < -0.39 is 0 Å². The van der Waals surface area contributed by atoms with Gasteiger partial charge in [-0.05, 0) is 45.3 Å². The summed E-state index contributed by atoms with van der Waals surface area (Å²) in [5, 5.41) is 4.30. The molecule has 0 fully saturated rings. The second kappa shape index (κ2) is 10.5. The highest BCUT2D eigenvalue weighted by Gasteiger charge is 2.11. The van der Waals surface area contributed by atoms with Gasteiger partial charge in [0.25, 0.3) is 0 Å². The molecule has 0 aromatic heterocycles. The third kappa shape index (κ3) is 5.74. The van der Waals surface area contributed by atoms with Crippen LogP contribution in [0.15, 0.2) is 76.3 Å². The van der Waals surface area contributed by atoms with E-state index >= 15 is 0 Å². The fraction of sp³-hybridized carbons (Fsp3) is 0.174. The fourth-order valence-corrected chi connectivity index (χ4v) is 3.36. The van der Waals surface area contributed by atoms with Crippen molar-refractivity contribution in [3.05, 3.63) is 87.9 Å². The largest absolute Gasteiger partial charge is 0.496 e. The van der Waals surface area contributed by atoms with Crippen LogP contribution in [0.1, 0.15) is 16.7 Å². The molecule has 0 aliphatic heterocycles. The van der Waals surface area contributed by atoms with Gasteiger partial charge in [0.2, 0.25) is 0 Å². The molecule has 0 saturated heterocycles. The number of rotatable bonds is 9. The van der Waals surface area contributed by atoms with Crippen molar-refractivity contribution < 1.29 is 14.2 Å². The van der Waals surface area contributed by atoms with Gasteiger partial charge in [-0.15, -0.1) is 0 Å². The lowest BCUT2D eigenvalue weighted by molar-refractivity contribution is 0.282. The highest BCUT2D eigenvalue weighted by molar-refractivity contribution is 9.10. The quantitative estimate of drug-likeness (QED) is 0.357. The first-order valence-electron chi connectivity index (χ1n) is 9.13. The molecule has 0 saturated carbocycles. The maximum Gasteiger partial charge on any atom is 0.175 e. The summed E-state index contributed by atoms with van der Waals surface area (Å²) in [5.74, 6) is 2.14. The number of hydrazone groups is 1. The maximum atomic E-state index is 5.96. The van der Waals surface area contributed by atoms with E-state index in [2.05, 4.69) is 26.5 Å². The summed E-state index contributed by atoms with van der Waals surface area (Å²) in [4.78, 5) is 0. The maximum absolute atomic E-state index is 5.96. The Kier molecular flexibility index (Phi) is 7.53. The van der Waals surface area contributed by atoms with Crippen LogP contribution in [-0.4, -0.2) is 20.4 Å². The van der Waals surface area contributed by atoms with Crippen molar-refractivity contribution in [3.63, 3.8) is 0 Å². The zero-order chi connectivity index (χ0) is 20.5. The number of para-hydroxylation sites is 1. The molecule has 29 heavy (non-hydrogen) atoms. The Bertz CT molecular complexity index is 962. The summed E-state index contributed by atoms with van der Waals surface area (Å²) in [5.41, 5.74) is 6.06. The first kappa shape index (κ1) is 20.7. The highest BCUT2D eigenvalue weighted by atomic mass is 79.9. The summed E-state index contributed by atoms with van der Waals surface area (Å²) in [6, 6.07) is 21.7. The number of hydrogen-bond acceptors (Lipinski definition) is 5. The van der Waals surface area contributed by atoms with E-state index in [1.807, 2.05) is 66.7 Å². The lowest BCUT2D eigenvalue weighted by atomic mass is 10.2. The Labute approximate surface area is 179 Å². The van der Waals surface area contributed by atoms with E-state index in [0.29, 0.717) is 24.7 Å². The first-order valence-corrected chi connectivity index (χ1v) is 9.92. The fourth-order valence-electron chi connectivity index (χ4n) is 2.78. The summed E-state index contributed by atoms with van der Waals surface area (Å²) < 4.78 is 17.6. The molecule has 3 aromatic rings. The molecule has 0 bridgehead atoms. The summed E-state index contributed by atoms with van der Waals surface area (Å²) >= 11 is 3.57. The third-order valence-corrected chi connectivity index (χ3v) is 4.83. The van der Waals surface area contributed by atoms with Gasteiger partial charge in [0.15, 0.2) is 11.5 Å². The van der Waals surface area contributed by atoms with Crippen LogP contribution in [-0.2, 0) is 13.2 Å². The van der Waals surface area contributed by atoms with Crippen LogP contribution in [0.2, 0.25) is 0 Å². The van der Waals surface area contributed by atoms with E-state index in [9.17, 15) is 0 Å². The van der Waals surface area contributed by atoms with Gasteiger partial charge in [0.05, 0.1) is 31.5 Å². The van der Waals surface area contributed by atoms with Crippen molar-refractivity contribution in [1.82, 2.24) is 5.43 Å². The zero-order valence-corrected chi connectivity index (χ0v) is 18.0. The van der Waals surface area contributed by atoms with Gasteiger partial charge in [-0.25, -0.2) is 0 Å². The van der Waals surface area contributed by atoms with Crippen LogP contribution in [0.4, 0.5) is 0 Å². The third-order valence-electron chi connectivity index (χ3n) is 4.24. The number of methoxy groups -OCH3 is 2. The summed E-state index contributed by atoms with van der Waals surface area (Å²) in [6.45, 7) is 1.03. The molecule has 0 heterocycles. The van der Waals surface area contributed by atoms with Crippen LogP contribution >= 0.6 is 15.9 Å². The highest BCUT2D eigenvalue weighted by Crippen LogP contribution is 2.36. The van der Waals surface area contributed by atoms with Gasteiger partial charge < -0.3 is 19.6 Å². The van der Waals surface area contributed by atoms with Crippen molar-refractivity contribution in [2.45, 2.75) is 13.2 Å². The predicted molar refractivity (Wildman–Crippen MR) is 119 cm³/mol. The van der Waals surface area contributed by atoms with Crippen molar-refractivity contribution in [3.8, 4) is 17.2 Å². The van der Waals surface area contributed by atoms with Gasteiger partial charge in [-0.3, -0.25) is 0 Å². The average molecular weight is 455 g/mol. The number of ether oxygens (including phenoxy) is 3. The van der Waals surface area contributed by atoms with Crippen molar-refractivity contribution >= 4 is 22.1 Å². The standard InChI is InChI=1S/C23H23BrN2O3/c1-27-21-11-7-6-10-19(21)15-26-25-14-18-12-20(24)23(22(13-18)28-2)29-16-17-8-4-3-5-9-17/h3-14,26H,15-16H2,1-2H3/b25-14-. The summed E-state index contributed by atoms with van der Waals surface area (Å²) in [7, 11) is 3.28. The molecule has 5 nitrogen and oxygen atoms in total. The Hall–Kier alpha value is -2.99. The number of nitrogens with zero attached hydrogens (tertiary/aromatic N) is 1. The number of hydrogen-bond donors (Lipinski definition) is 1. The van der Waals surface area contributed by atoms with Crippen LogP contribution in [0, 0.1) is 0 Å². The van der Waals surface area contributed by atoms with E-state index in [1.165, 1.54) is 0 Å². The van der Waals surface area contributed by atoms with Crippen molar-refractivity contribution in [2.24, 2.45) is 5.10 Å². The predicted octanol–water partition coefficient (Wildman–Crippen LogP) is 5.17. The van der Waals surface area contributed by atoms with Gasteiger partial charge in [-0.2, -0.15) is 5.10 Å². The number of halogens is 1. The van der Waals surface area contributed by atoms with Gasteiger partial charge in [0, 0.05) is 5.56 Å². The molecule has 6 heteroatoms. The molecule has 0 aliphatic carbocycles. The van der Waals surface area contributed by atoms with Gasteiger partial charge in [0.1, 0.15) is 12.4 Å². The minimum atomic E-state index is 0.462. The van der Waals surface area contributed by atoms with Crippen LogP contribution in [0.3, 0.4) is 0 Å². The number of nitrogens with one attached hydrogen (secondary N) is 1. The Balaban J connectivity index is 1.65. The SMILES string of the molecule is COc1ccccc1CN/N=C\c1cc(Br)c(OCc2ccccc2)c(OC)c1. The lowest BCUT2D eigenvalue weighted by Gasteiger charge is -2.13. The monoisotopic (exact) mass is 454 g/mol. The Morgan fingerprint density at radius 3 is 2.41 bits per heavy atom. The molecule has 150 valence electrons. The normalized spacial score (nSPS) is 10.7. The van der Waals surface area contributed by atoms with E-state index in [-0.39, 0.29) is 0 Å². The minimum absolute atomic E-state index is 0.462. The topological polar surface area (TPSA) is 52.1 Å². The molecule has 0 atom stereocenters. The zero-order valence-electron chi connectivity index (χ0n) is 16.4. The van der Waals surface area contributed by atoms with E-state index in [1.54, 1.807) is 20.4 Å². The van der Waals surface area contributed by atoms with Crippen LogP contribution < -0.4 is 19.6 Å². The molecule has 0 spiro atoms. The molecule has 3 rings (SSSR count). The molecule has 0 amide bonds. The molecule has 0 radical (unpaired) electrons.